The normalized spacial score (nSPS) is 12.1. The van der Waals surface area contributed by atoms with Crippen LogP contribution in [0, 0.1) is 0 Å². The summed E-state index contributed by atoms with van der Waals surface area (Å²) in [5, 5.41) is 10.1. The van der Waals surface area contributed by atoms with Crippen molar-refractivity contribution in [3.63, 3.8) is 0 Å². The molecule has 106 valence electrons. The zero-order chi connectivity index (χ0) is 14.2. The van der Waals surface area contributed by atoms with Gasteiger partial charge >= 0.3 is 0 Å². The van der Waals surface area contributed by atoms with E-state index in [1.54, 1.807) is 7.11 Å². The SMILES string of the molecule is COc1ccc(CCCCC(O)c2ccccc2)cc1. The Morgan fingerprint density at radius 3 is 2.30 bits per heavy atom. The van der Waals surface area contributed by atoms with Crippen molar-refractivity contribution in [2.75, 3.05) is 7.11 Å². The first kappa shape index (κ1) is 14.6. The van der Waals surface area contributed by atoms with Crippen LogP contribution in [0.2, 0.25) is 0 Å². The van der Waals surface area contributed by atoms with Gasteiger partial charge in [0.25, 0.3) is 0 Å². The van der Waals surface area contributed by atoms with Crippen LogP contribution in [0.25, 0.3) is 0 Å². The Morgan fingerprint density at radius 2 is 1.65 bits per heavy atom. The quantitative estimate of drug-likeness (QED) is 0.766. The van der Waals surface area contributed by atoms with Gasteiger partial charge in [0.2, 0.25) is 0 Å². The van der Waals surface area contributed by atoms with Gasteiger partial charge < -0.3 is 9.84 Å². The summed E-state index contributed by atoms with van der Waals surface area (Å²) in [6.45, 7) is 0. The molecule has 0 saturated carbocycles. The Labute approximate surface area is 121 Å². The predicted octanol–water partition coefficient (Wildman–Crippen LogP) is 4.14. The lowest BCUT2D eigenvalue weighted by molar-refractivity contribution is 0.163. The number of aliphatic hydroxyl groups excluding tert-OH is 1. The second kappa shape index (κ2) is 7.71. The summed E-state index contributed by atoms with van der Waals surface area (Å²) in [6, 6.07) is 18.1. The fraction of sp³-hybridized carbons (Fsp3) is 0.333. The summed E-state index contributed by atoms with van der Waals surface area (Å²) in [5.74, 6) is 0.897. The van der Waals surface area contributed by atoms with Crippen molar-refractivity contribution >= 4 is 0 Å². The van der Waals surface area contributed by atoms with E-state index in [4.69, 9.17) is 4.74 Å². The molecule has 0 aliphatic carbocycles. The molecule has 0 aromatic heterocycles. The van der Waals surface area contributed by atoms with Crippen molar-refractivity contribution in [3.05, 3.63) is 65.7 Å². The van der Waals surface area contributed by atoms with Crippen LogP contribution in [-0.2, 0) is 6.42 Å². The first-order valence-electron chi connectivity index (χ1n) is 7.15. The second-order valence-corrected chi connectivity index (χ2v) is 5.02. The van der Waals surface area contributed by atoms with Crippen molar-refractivity contribution in [2.45, 2.75) is 31.8 Å². The van der Waals surface area contributed by atoms with Crippen LogP contribution in [0.5, 0.6) is 5.75 Å². The van der Waals surface area contributed by atoms with Gasteiger partial charge in [-0.05, 0) is 42.5 Å². The zero-order valence-electron chi connectivity index (χ0n) is 12.0. The summed E-state index contributed by atoms with van der Waals surface area (Å²) in [5.41, 5.74) is 2.33. The van der Waals surface area contributed by atoms with Crippen LogP contribution >= 0.6 is 0 Å². The lowest BCUT2D eigenvalue weighted by Crippen LogP contribution is -1.97. The number of rotatable bonds is 7. The highest BCUT2D eigenvalue weighted by atomic mass is 16.5. The zero-order valence-corrected chi connectivity index (χ0v) is 12.0. The molecule has 0 aliphatic heterocycles. The maximum atomic E-state index is 10.1. The number of hydrogen-bond donors (Lipinski definition) is 1. The van der Waals surface area contributed by atoms with E-state index < -0.39 is 0 Å². The molecule has 2 aromatic rings. The van der Waals surface area contributed by atoms with Crippen LogP contribution in [0.4, 0.5) is 0 Å². The number of ether oxygens (including phenoxy) is 1. The minimum atomic E-state index is -0.341. The standard InChI is InChI=1S/C18H22O2/c1-20-17-13-11-15(12-14-17)7-5-6-10-18(19)16-8-3-2-4-9-16/h2-4,8-9,11-14,18-19H,5-7,10H2,1H3. The van der Waals surface area contributed by atoms with E-state index in [9.17, 15) is 5.11 Å². The Hall–Kier alpha value is -1.80. The van der Waals surface area contributed by atoms with Gasteiger partial charge in [0, 0.05) is 0 Å². The molecule has 0 fully saturated rings. The van der Waals surface area contributed by atoms with Gasteiger partial charge in [-0.15, -0.1) is 0 Å². The number of aryl methyl sites for hydroxylation is 1. The van der Waals surface area contributed by atoms with Gasteiger partial charge in [0.1, 0.15) is 5.75 Å². The summed E-state index contributed by atoms with van der Waals surface area (Å²) in [4.78, 5) is 0. The highest BCUT2D eigenvalue weighted by Gasteiger charge is 2.06. The van der Waals surface area contributed by atoms with E-state index in [2.05, 4.69) is 12.1 Å². The summed E-state index contributed by atoms with van der Waals surface area (Å²) in [6.07, 6.45) is 3.65. The first-order chi connectivity index (χ1) is 9.79. The molecule has 20 heavy (non-hydrogen) atoms. The van der Waals surface area contributed by atoms with Gasteiger partial charge in [0.15, 0.2) is 0 Å². The molecule has 0 spiro atoms. The first-order valence-corrected chi connectivity index (χ1v) is 7.15. The summed E-state index contributed by atoms with van der Waals surface area (Å²) in [7, 11) is 1.68. The van der Waals surface area contributed by atoms with Crippen molar-refractivity contribution in [2.24, 2.45) is 0 Å². The molecule has 0 amide bonds. The van der Waals surface area contributed by atoms with E-state index in [-0.39, 0.29) is 6.10 Å². The predicted molar refractivity (Wildman–Crippen MR) is 82.0 cm³/mol. The van der Waals surface area contributed by atoms with Crippen LogP contribution in [0.3, 0.4) is 0 Å². The molecule has 2 heteroatoms. The molecule has 0 saturated heterocycles. The topological polar surface area (TPSA) is 29.5 Å². The Balaban J connectivity index is 1.70. The van der Waals surface area contributed by atoms with Gasteiger partial charge in [-0.1, -0.05) is 48.9 Å². The third kappa shape index (κ3) is 4.39. The number of benzene rings is 2. The lowest BCUT2D eigenvalue weighted by Gasteiger charge is -2.10. The number of methoxy groups -OCH3 is 1. The number of hydrogen-bond acceptors (Lipinski definition) is 2. The Morgan fingerprint density at radius 1 is 0.950 bits per heavy atom. The average Bonchev–Trinajstić information content (AvgIpc) is 2.53. The molecule has 1 N–H and O–H groups in total. The number of aliphatic hydroxyl groups is 1. The fourth-order valence-electron chi connectivity index (χ4n) is 2.30. The molecule has 0 radical (unpaired) electrons. The van der Waals surface area contributed by atoms with Gasteiger partial charge in [-0.25, -0.2) is 0 Å². The molecule has 1 atom stereocenters. The molecule has 0 aliphatic rings. The minimum Gasteiger partial charge on any atom is -0.497 e. The molecule has 2 aromatic carbocycles. The number of unbranched alkanes of at least 4 members (excludes halogenated alkanes) is 1. The second-order valence-electron chi connectivity index (χ2n) is 5.02. The van der Waals surface area contributed by atoms with E-state index in [1.807, 2.05) is 42.5 Å². The van der Waals surface area contributed by atoms with Crippen molar-refractivity contribution in [3.8, 4) is 5.75 Å². The van der Waals surface area contributed by atoms with Gasteiger partial charge in [-0.2, -0.15) is 0 Å². The van der Waals surface area contributed by atoms with E-state index in [1.165, 1.54) is 5.56 Å². The molecule has 0 heterocycles. The largest absolute Gasteiger partial charge is 0.497 e. The molecule has 1 unspecified atom stereocenters. The molecular weight excluding hydrogens is 248 g/mol. The molecule has 2 nitrogen and oxygen atoms in total. The van der Waals surface area contributed by atoms with E-state index in [0.717, 1.165) is 37.0 Å². The molecular formula is C18H22O2. The highest BCUT2D eigenvalue weighted by Crippen LogP contribution is 2.20. The maximum Gasteiger partial charge on any atom is 0.118 e. The third-order valence-corrected chi connectivity index (χ3v) is 3.54. The van der Waals surface area contributed by atoms with Crippen molar-refractivity contribution in [1.82, 2.24) is 0 Å². The van der Waals surface area contributed by atoms with Crippen LogP contribution in [0.1, 0.15) is 36.5 Å². The van der Waals surface area contributed by atoms with E-state index in [0.29, 0.717) is 0 Å². The van der Waals surface area contributed by atoms with Crippen molar-refractivity contribution < 1.29 is 9.84 Å². The Kier molecular flexibility index (Phi) is 5.63. The van der Waals surface area contributed by atoms with Crippen LogP contribution < -0.4 is 4.74 Å². The van der Waals surface area contributed by atoms with Gasteiger partial charge in [-0.3, -0.25) is 0 Å². The fourth-order valence-corrected chi connectivity index (χ4v) is 2.30. The molecule has 2 rings (SSSR count). The van der Waals surface area contributed by atoms with Crippen LogP contribution in [-0.4, -0.2) is 12.2 Å². The third-order valence-electron chi connectivity index (χ3n) is 3.54. The average molecular weight is 270 g/mol. The van der Waals surface area contributed by atoms with Gasteiger partial charge in [0.05, 0.1) is 13.2 Å². The lowest BCUT2D eigenvalue weighted by atomic mass is 10.0. The smallest absolute Gasteiger partial charge is 0.118 e. The maximum absolute atomic E-state index is 10.1. The highest BCUT2D eigenvalue weighted by molar-refractivity contribution is 5.27. The molecule has 0 bridgehead atoms. The van der Waals surface area contributed by atoms with Crippen LogP contribution in [0.15, 0.2) is 54.6 Å². The Bertz CT molecular complexity index is 491. The summed E-state index contributed by atoms with van der Waals surface area (Å²) < 4.78 is 5.14. The minimum absolute atomic E-state index is 0.341. The van der Waals surface area contributed by atoms with Crippen molar-refractivity contribution in [1.29, 1.82) is 0 Å². The summed E-state index contributed by atoms with van der Waals surface area (Å²) >= 11 is 0. The monoisotopic (exact) mass is 270 g/mol. The van der Waals surface area contributed by atoms with E-state index >= 15 is 0 Å².